The van der Waals surface area contributed by atoms with Crippen molar-refractivity contribution >= 4 is 8.81 Å². The van der Waals surface area contributed by atoms with E-state index in [0.29, 0.717) is 0 Å². The third kappa shape index (κ3) is 4.31. The quantitative estimate of drug-likeness (QED) is 0.282. The van der Waals surface area contributed by atoms with Crippen LogP contribution in [0, 0.1) is 0 Å². The summed E-state index contributed by atoms with van der Waals surface area (Å²) in [6, 6.07) is 0. The Bertz CT molecular complexity index is 14.4. The second kappa shape index (κ2) is 4.31. The van der Waals surface area contributed by atoms with Gasteiger partial charge in [-0.05, 0) is 0 Å². The smallest absolute Gasteiger partial charge is 0.0392 e. The van der Waals surface area contributed by atoms with Crippen molar-refractivity contribution in [1.29, 1.82) is 0 Å². The summed E-state index contributed by atoms with van der Waals surface area (Å²) in [7, 11) is -0.302. The van der Waals surface area contributed by atoms with Crippen LogP contribution in [0.25, 0.3) is 0 Å². The van der Waals surface area contributed by atoms with E-state index in [-0.39, 0.29) is 15.2 Å². The second-order valence-electron chi connectivity index (χ2n) is 0.380. The Kier molecular flexibility index (Phi) is 4.58. The van der Waals surface area contributed by atoms with E-state index in [2.05, 4.69) is 4.67 Å². The third-order valence-electron chi connectivity index (χ3n) is 0.123. The monoisotopic (exact) mass is 95.0 g/mol. The van der Waals surface area contributed by atoms with Gasteiger partial charge in [-0.15, -0.1) is 0 Å². The van der Waals surface area contributed by atoms with Crippen molar-refractivity contribution < 1.29 is 15.0 Å². The van der Waals surface area contributed by atoms with E-state index in [9.17, 15) is 5.11 Å². The van der Waals surface area contributed by atoms with Crippen molar-refractivity contribution in [3.63, 3.8) is 0 Å². The lowest BCUT2D eigenvalue weighted by Crippen LogP contribution is -1.97. The molecule has 0 aliphatic carbocycles. The summed E-state index contributed by atoms with van der Waals surface area (Å²) >= 11 is 0. The Morgan fingerprint density at radius 1 is 2.00 bits per heavy atom. The maximum atomic E-state index is 9.26. The highest BCUT2D eigenvalue weighted by Crippen LogP contribution is 2.00. The Morgan fingerprint density at radius 2 is 2.60 bits per heavy atom. The molecule has 0 saturated heterocycles. The molecule has 1 N–H and O–H groups in total. The van der Waals surface area contributed by atoms with Gasteiger partial charge in [-0.2, -0.15) is 0 Å². The molecule has 0 saturated carbocycles. The fourth-order valence-corrected chi connectivity index (χ4v) is 0.0791. The van der Waals surface area contributed by atoms with Gasteiger partial charge >= 0.3 is 0 Å². The molecule has 5 heavy (non-hydrogen) atoms. The van der Waals surface area contributed by atoms with Gasteiger partial charge in [0.2, 0.25) is 0 Å². The predicted molar refractivity (Wildman–Crippen MR) is 16.9 cm³/mol. The topological polar surface area (TPSA) is 52.5 Å². The van der Waals surface area contributed by atoms with Crippen LogP contribution in [0.1, 0.15) is 0 Å². The van der Waals surface area contributed by atoms with Crippen LogP contribution in [0.3, 0.4) is 0 Å². The zero-order valence-electron chi connectivity index (χ0n) is 2.47. The van der Waals surface area contributed by atoms with Crippen LogP contribution < -0.4 is 5.11 Å². The van der Waals surface area contributed by atoms with Crippen molar-refractivity contribution in [2.45, 2.75) is 0 Å². The fraction of sp³-hybridized carbons (Fsp3) is 1.00. The summed E-state index contributed by atoms with van der Waals surface area (Å²) in [5.74, 6) is 0. The molecular weight excluding hydrogens is 91.0 g/mol. The van der Waals surface area contributed by atoms with Crippen molar-refractivity contribution in [2.24, 2.45) is 0 Å². The molecule has 4 heteroatoms. The molecule has 0 rings (SSSR count). The van der Waals surface area contributed by atoms with Gasteiger partial charge in [-0.25, -0.2) is 9.93 Å². The second-order valence-corrected chi connectivity index (χ2v) is 1.14. The molecule has 0 aliphatic rings. The van der Waals surface area contributed by atoms with Crippen molar-refractivity contribution in [3.8, 4) is 0 Å². The molecule has 1 atom stereocenters. The van der Waals surface area contributed by atoms with Gasteiger partial charge in [0.15, 0.2) is 0 Å². The largest absolute Gasteiger partial charge is 0.850 e. The Labute approximate surface area is 31.4 Å². The van der Waals surface area contributed by atoms with E-state index in [1.54, 1.807) is 0 Å². The molecule has 32 valence electrons. The highest BCUT2D eigenvalue weighted by molar-refractivity contribution is 7.31. The average molecular weight is 95.0 g/mol. The lowest BCUT2D eigenvalue weighted by Gasteiger charge is -1.94. The molecule has 0 bridgehead atoms. The zero-order valence-corrected chi connectivity index (χ0v) is 3.47. The van der Waals surface area contributed by atoms with E-state index < -0.39 is 0 Å². The minimum absolute atomic E-state index is 0.302. The first kappa shape index (κ1) is 5.31. The summed E-state index contributed by atoms with van der Waals surface area (Å²) in [5.41, 5.74) is 0. The van der Waals surface area contributed by atoms with Crippen LogP contribution in [0.4, 0.5) is 0 Å². The standard InChI is InChI=1S/CH4O3P/c2-1-5-4-3/h3,5H,1H2/q-1. The normalized spacial score (nSPS) is 10.8. The molecular formula is CH4O3P-. The van der Waals surface area contributed by atoms with Gasteiger partial charge < -0.3 is 5.11 Å². The van der Waals surface area contributed by atoms with Crippen molar-refractivity contribution in [2.75, 3.05) is 6.35 Å². The van der Waals surface area contributed by atoms with Crippen LogP contribution >= 0.6 is 8.81 Å². The zero-order chi connectivity index (χ0) is 4.12. The predicted octanol–water partition coefficient (Wildman–Crippen LogP) is -0.613. The van der Waals surface area contributed by atoms with Crippen LogP contribution in [-0.2, 0) is 4.67 Å². The average Bonchev–Trinajstić information content (AvgIpc) is 1.41. The molecule has 0 aromatic carbocycles. The Morgan fingerprint density at radius 3 is 2.60 bits per heavy atom. The van der Waals surface area contributed by atoms with E-state index >= 15 is 0 Å². The van der Waals surface area contributed by atoms with Gasteiger partial charge in [-0.1, -0.05) is 6.35 Å². The maximum Gasteiger partial charge on any atom is 0.0392 e. The Balaban J connectivity index is 2.19. The van der Waals surface area contributed by atoms with E-state index in [0.717, 1.165) is 0 Å². The number of rotatable bonds is 2. The summed E-state index contributed by atoms with van der Waals surface area (Å²) < 4.78 is 3.41. The first-order chi connectivity index (χ1) is 2.41. The summed E-state index contributed by atoms with van der Waals surface area (Å²) in [4.78, 5) is 0. The highest BCUT2D eigenvalue weighted by atomic mass is 31.1. The summed E-state index contributed by atoms with van der Waals surface area (Å²) in [6.45, 7) is 0. The van der Waals surface area contributed by atoms with Gasteiger partial charge in [-0.3, -0.25) is 0 Å². The third-order valence-corrected chi connectivity index (χ3v) is 0.370. The molecule has 0 heterocycles. The molecule has 0 amide bonds. The molecule has 0 spiro atoms. The number of hydrogen-bond donors (Lipinski definition) is 1. The fourth-order valence-electron chi connectivity index (χ4n) is 0.0264. The first-order valence-electron chi connectivity index (χ1n) is 1.03. The first-order valence-corrected chi connectivity index (χ1v) is 2.14. The summed E-state index contributed by atoms with van der Waals surface area (Å²) in [6.07, 6.45) is -0.351. The van der Waals surface area contributed by atoms with Crippen LogP contribution in [-0.4, -0.2) is 11.6 Å². The molecule has 0 fully saturated rings. The van der Waals surface area contributed by atoms with Gasteiger partial charge in [0, 0.05) is 8.81 Å². The summed E-state index contributed by atoms with van der Waals surface area (Å²) in [5, 5.41) is 16.6. The van der Waals surface area contributed by atoms with Crippen molar-refractivity contribution in [3.05, 3.63) is 0 Å². The van der Waals surface area contributed by atoms with Crippen molar-refractivity contribution in [1.82, 2.24) is 0 Å². The van der Waals surface area contributed by atoms with Crippen LogP contribution in [0.2, 0.25) is 0 Å². The van der Waals surface area contributed by atoms with E-state index in [4.69, 9.17) is 5.26 Å². The molecule has 3 nitrogen and oxygen atoms in total. The molecule has 1 unspecified atom stereocenters. The minimum Gasteiger partial charge on any atom is -0.850 e. The van der Waals surface area contributed by atoms with E-state index in [1.807, 2.05) is 0 Å². The maximum absolute atomic E-state index is 9.26. The minimum atomic E-state index is -0.351. The van der Waals surface area contributed by atoms with Gasteiger partial charge in [0.25, 0.3) is 0 Å². The highest BCUT2D eigenvalue weighted by Gasteiger charge is 1.60. The van der Waals surface area contributed by atoms with Crippen LogP contribution in [0.15, 0.2) is 0 Å². The lowest BCUT2D eigenvalue weighted by molar-refractivity contribution is -0.343. The van der Waals surface area contributed by atoms with Crippen LogP contribution in [0.5, 0.6) is 0 Å². The molecule has 0 aromatic rings. The Hall–Kier alpha value is 0.310. The molecule has 0 radical (unpaired) electrons. The van der Waals surface area contributed by atoms with E-state index in [1.165, 1.54) is 0 Å². The molecule has 0 aromatic heterocycles. The lowest BCUT2D eigenvalue weighted by atomic mass is 11.7. The number of hydrogen-bond acceptors (Lipinski definition) is 3. The van der Waals surface area contributed by atoms with Gasteiger partial charge in [0.1, 0.15) is 0 Å². The van der Waals surface area contributed by atoms with Gasteiger partial charge in [0.05, 0.1) is 0 Å². The SMILES string of the molecule is [O-]CPOO. The molecule has 0 aliphatic heterocycles.